The fourth-order valence-electron chi connectivity index (χ4n) is 2.31. The van der Waals surface area contributed by atoms with E-state index in [1.807, 2.05) is 12.1 Å². The lowest BCUT2D eigenvalue weighted by atomic mass is 10.1. The molecule has 3 rings (SSSR count). The van der Waals surface area contributed by atoms with E-state index in [1.54, 1.807) is 0 Å². The van der Waals surface area contributed by atoms with Gasteiger partial charge in [-0.05, 0) is 25.3 Å². The van der Waals surface area contributed by atoms with Crippen LogP contribution in [0.4, 0.5) is 0 Å². The summed E-state index contributed by atoms with van der Waals surface area (Å²) in [7, 11) is 0. The second kappa shape index (κ2) is 6.12. The largest absolute Gasteiger partial charge is 0.491 e. The van der Waals surface area contributed by atoms with Crippen molar-refractivity contribution in [3.05, 3.63) is 28.8 Å². The molecule has 0 spiro atoms. The van der Waals surface area contributed by atoms with Crippen LogP contribution in [0.15, 0.2) is 18.2 Å². The molecule has 2 fully saturated rings. The Morgan fingerprint density at radius 3 is 2.95 bits per heavy atom. The highest BCUT2D eigenvalue weighted by atomic mass is 35.5. The Kier molecular flexibility index (Phi) is 4.26. The molecule has 104 valence electrons. The molecule has 1 heterocycles. The van der Waals surface area contributed by atoms with Crippen LogP contribution in [0.3, 0.4) is 0 Å². The first-order chi connectivity index (χ1) is 9.33. The molecule has 0 amide bonds. The van der Waals surface area contributed by atoms with E-state index >= 15 is 0 Å². The van der Waals surface area contributed by atoms with E-state index in [9.17, 15) is 0 Å². The summed E-state index contributed by atoms with van der Waals surface area (Å²) in [6, 6.07) is 6.65. The normalized spacial score (nSPS) is 22.7. The van der Waals surface area contributed by atoms with Gasteiger partial charge >= 0.3 is 0 Å². The summed E-state index contributed by atoms with van der Waals surface area (Å²) in [5, 5.41) is 4.21. The van der Waals surface area contributed by atoms with Crippen molar-refractivity contribution in [3.8, 4) is 5.75 Å². The quantitative estimate of drug-likeness (QED) is 0.869. The van der Waals surface area contributed by atoms with Crippen LogP contribution in [0.1, 0.15) is 24.8 Å². The SMILES string of the molecule is Clc1cccc(CNC2CC2)c1OCC1CCOC1. The molecule has 0 aromatic heterocycles. The Morgan fingerprint density at radius 1 is 1.32 bits per heavy atom. The second-order valence-electron chi connectivity index (χ2n) is 5.42. The second-order valence-corrected chi connectivity index (χ2v) is 5.83. The number of benzene rings is 1. The molecule has 1 unspecified atom stereocenters. The maximum atomic E-state index is 6.26. The monoisotopic (exact) mass is 281 g/mol. The van der Waals surface area contributed by atoms with E-state index in [1.165, 1.54) is 12.8 Å². The highest BCUT2D eigenvalue weighted by molar-refractivity contribution is 6.32. The molecule has 1 saturated carbocycles. The minimum absolute atomic E-state index is 0.500. The number of hydrogen-bond acceptors (Lipinski definition) is 3. The number of ether oxygens (including phenoxy) is 2. The Bertz CT molecular complexity index is 428. The van der Waals surface area contributed by atoms with E-state index in [0.717, 1.165) is 37.5 Å². The van der Waals surface area contributed by atoms with Gasteiger partial charge in [0.15, 0.2) is 0 Å². The Hall–Kier alpha value is -0.770. The molecule has 4 heteroatoms. The smallest absolute Gasteiger partial charge is 0.142 e. The van der Waals surface area contributed by atoms with Crippen molar-refractivity contribution in [3.63, 3.8) is 0 Å². The van der Waals surface area contributed by atoms with Gasteiger partial charge in [-0.1, -0.05) is 23.7 Å². The van der Waals surface area contributed by atoms with E-state index in [4.69, 9.17) is 21.1 Å². The van der Waals surface area contributed by atoms with Gasteiger partial charge in [0.1, 0.15) is 5.75 Å². The van der Waals surface area contributed by atoms with Crippen LogP contribution in [0.5, 0.6) is 5.75 Å². The van der Waals surface area contributed by atoms with E-state index in [0.29, 0.717) is 23.6 Å². The number of para-hydroxylation sites is 1. The van der Waals surface area contributed by atoms with Crippen LogP contribution in [-0.4, -0.2) is 25.9 Å². The molecule has 1 atom stereocenters. The highest BCUT2D eigenvalue weighted by Crippen LogP contribution is 2.30. The van der Waals surface area contributed by atoms with Crippen LogP contribution in [0.2, 0.25) is 5.02 Å². The van der Waals surface area contributed by atoms with Gasteiger partial charge in [-0.15, -0.1) is 0 Å². The third kappa shape index (κ3) is 3.62. The Labute approximate surface area is 119 Å². The summed E-state index contributed by atoms with van der Waals surface area (Å²) in [4.78, 5) is 0. The molecule has 0 radical (unpaired) electrons. The summed E-state index contributed by atoms with van der Waals surface area (Å²) in [6.45, 7) is 3.19. The van der Waals surface area contributed by atoms with Crippen LogP contribution < -0.4 is 10.1 Å². The van der Waals surface area contributed by atoms with Crippen molar-refractivity contribution in [2.45, 2.75) is 31.8 Å². The molecule has 1 aromatic carbocycles. The standard InChI is InChI=1S/C15H20ClNO2/c16-14-3-1-2-12(8-17-13-4-5-13)15(14)19-10-11-6-7-18-9-11/h1-3,11,13,17H,4-10H2. The first-order valence-electron chi connectivity index (χ1n) is 7.04. The highest BCUT2D eigenvalue weighted by Gasteiger charge is 2.22. The molecular weight excluding hydrogens is 262 g/mol. The van der Waals surface area contributed by atoms with Crippen LogP contribution in [-0.2, 0) is 11.3 Å². The lowest BCUT2D eigenvalue weighted by Crippen LogP contribution is -2.17. The summed E-state index contributed by atoms with van der Waals surface area (Å²) in [5.74, 6) is 1.34. The van der Waals surface area contributed by atoms with Gasteiger partial charge in [-0.3, -0.25) is 0 Å². The zero-order valence-corrected chi connectivity index (χ0v) is 11.8. The van der Waals surface area contributed by atoms with Crippen LogP contribution >= 0.6 is 11.6 Å². The van der Waals surface area contributed by atoms with Crippen molar-refractivity contribution < 1.29 is 9.47 Å². The molecule has 1 saturated heterocycles. The number of halogens is 1. The van der Waals surface area contributed by atoms with Gasteiger partial charge < -0.3 is 14.8 Å². The number of rotatable bonds is 6. The lowest BCUT2D eigenvalue weighted by molar-refractivity contribution is 0.166. The molecule has 3 nitrogen and oxygen atoms in total. The molecule has 19 heavy (non-hydrogen) atoms. The molecular formula is C15H20ClNO2. The number of hydrogen-bond donors (Lipinski definition) is 1. The van der Waals surface area contributed by atoms with Gasteiger partial charge in [0.2, 0.25) is 0 Å². The van der Waals surface area contributed by atoms with E-state index in [2.05, 4.69) is 11.4 Å². The molecule has 2 aliphatic rings. The summed E-state index contributed by atoms with van der Waals surface area (Å²) in [6.07, 6.45) is 3.66. The van der Waals surface area contributed by atoms with Gasteiger partial charge in [0.25, 0.3) is 0 Å². The van der Waals surface area contributed by atoms with Crippen molar-refractivity contribution in [2.24, 2.45) is 5.92 Å². The average Bonchev–Trinajstić information content (AvgIpc) is 3.10. The molecule has 1 aromatic rings. The zero-order valence-electron chi connectivity index (χ0n) is 11.0. The zero-order chi connectivity index (χ0) is 13.1. The Morgan fingerprint density at radius 2 is 2.21 bits per heavy atom. The van der Waals surface area contributed by atoms with Crippen LogP contribution in [0.25, 0.3) is 0 Å². The Balaban J connectivity index is 1.62. The fraction of sp³-hybridized carbons (Fsp3) is 0.600. The van der Waals surface area contributed by atoms with E-state index < -0.39 is 0 Å². The minimum Gasteiger partial charge on any atom is -0.491 e. The van der Waals surface area contributed by atoms with Crippen molar-refractivity contribution in [1.82, 2.24) is 5.32 Å². The summed E-state index contributed by atoms with van der Waals surface area (Å²) in [5.41, 5.74) is 1.15. The minimum atomic E-state index is 0.500. The maximum Gasteiger partial charge on any atom is 0.142 e. The van der Waals surface area contributed by atoms with Gasteiger partial charge in [0.05, 0.1) is 18.2 Å². The number of nitrogens with one attached hydrogen (secondary N) is 1. The first kappa shape index (κ1) is 13.2. The summed E-state index contributed by atoms with van der Waals surface area (Å²) >= 11 is 6.26. The summed E-state index contributed by atoms with van der Waals surface area (Å²) < 4.78 is 11.3. The lowest BCUT2D eigenvalue weighted by Gasteiger charge is -2.15. The topological polar surface area (TPSA) is 30.5 Å². The molecule has 0 bridgehead atoms. The van der Waals surface area contributed by atoms with Gasteiger partial charge in [-0.25, -0.2) is 0 Å². The molecule has 1 N–H and O–H groups in total. The predicted octanol–water partition coefficient (Wildman–Crippen LogP) is 3.01. The van der Waals surface area contributed by atoms with E-state index in [-0.39, 0.29) is 0 Å². The maximum absolute atomic E-state index is 6.26. The average molecular weight is 282 g/mol. The molecule has 1 aliphatic carbocycles. The first-order valence-corrected chi connectivity index (χ1v) is 7.42. The fourth-order valence-corrected chi connectivity index (χ4v) is 2.56. The van der Waals surface area contributed by atoms with Crippen molar-refractivity contribution in [1.29, 1.82) is 0 Å². The van der Waals surface area contributed by atoms with Gasteiger partial charge in [-0.2, -0.15) is 0 Å². The van der Waals surface area contributed by atoms with Gasteiger partial charge in [0, 0.05) is 30.7 Å². The predicted molar refractivity (Wildman–Crippen MR) is 75.7 cm³/mol. The van der Waals surface area contributed by atoms with Crippen molar-refractivity contribution >= 4 is 11.6 Å². The molecule has 1 aliphatic heterocycles. The van der Waals surface area contributed by atoms with Crippen LogP contribution in [0, 0.1) is 5.92 Å². The van der Waals surface area contributed by atoms with Crippen molar-refractivity contribution in [2.75, 3.05) is 19.8 Å². The third-order valence-corrected chi connectivity index (χ3v) is 3.99. The third-order valence-electron chi connectivity index (χ3n) is 3.69.